The van der Waals surface area contributed by atoms with E-state index in [0.29, 0.717) is 44.8 Å². The minimum Gasteiger partial charge on any atom is -0.492 e. The molecule has 0 radical (unpaired) electrons. The number of benzene rings is 1. The Morgan fingerprint density at radius 1 is 1.35 bits per heavy atom. The summed E-state index contributed by atoms with van der Waals surface area (Å²) in [5.41, 5.74) is 1.56. The van der Waals surface area contributed by atoms with Crippen molar-refractivity contribution in [1.82, 2.24) is 14.5 Å². The summed E-state index contributed by atoms with van der Waals surface area (Å²) in [7, 11) is 0. The first-order valence-electron chi connectivity index (χ1n) is 7.38. The largest absolute Gasteiger partial charge is 0.492 e. The van der Waals surface area contributed by atoms with Crippen molar-refractivity contribution < 1.29 is 4.74 Å². The molecule has 0 amide bonds. The van der Waals surface area contributed by atoms with Gasteiger partial charge in [-0.15, -0.1) is 0 Å². The molecular formula is C16H14ClN3O2S. The van der Waals surface area contributed by atoms with Crippen molar-refractivity contribution in [2.75, 3.05) is 6.61 Å². The Balaban J connectivity index is 1.76. The average Bonchev–Trinajstić information content (AvgIpc) is 3.23. The van der Waals surface area contributed by atoms with Crippen LogP contribution in [-0.4, -0.2) is 21.1 Å². The van der Waals surface area contributed by atoms with E-state index in [9.17, 15) is 4.79 Å². The number of nitrogens with zero attached hydrogens (tertiary/aromatic N) is 1. The summed E-state index contributed by atoms with van der Waals surface area (Å²) in [4.78, 5) is 18.6. The molecule has 7 heteroatoms. The smallest absolute Gasteiger partial charge is 0.283 e. The van der Waals surface area contributed by atoms with Crippen LogP contribution in [0.4, 0.5) is 0 Å². The Morgan fingerprint density at radius 3 is 2.91 bits per heavy atom. The van der Waals surface area contributed by atoms with Gasteiger partial charge in [-0.25, -0.2) is 0 Å². The third-order valence-corrected chi connectivity index (χ3v) is 4.53. The monoisotopic (exact) mass is 347 g/mol. The molecule has 2 heterocycles. The number of rotatable bonds is 4. The van der Waals surface area contributed by atoms with Crippen molar-refractivity contribution in [1.29, 1.82) is 0 Å². The molecule has 0 spiro atoms. The summed E-state index contributed by atoms with van der Waals surface area (Å²) in [6, 6.07) is 7.04. The number of H-pyrrole nitrogens is 2. The standard InChI is InChI=1S/C16H14ClN3O2S/c17-11-7-10(3-4-13(11)22-8-9-1-2-9)20-15(21)14-12(5-6-18-14)19-16(20)23/h3-7,9,18H,1-2,8H2,(H,19,23). The van der Waals surface area contributed by atoms with E-state index >= 15 is 0 Å². The number of halogens is 1. The molecule has 0 aliphatic heterocycles. The number of hydrogen-bond donors (Lipinski definition) is 2. The molecule has 1 aliphatic rings. The van der Waals surface area contributed by atoms with Crippen molar-refractivity contribution >= 4 is 34.9 Å². The molecule has 1 fully saturated rings. The molecule has 118 valence electrons. The molecule has 2 aromatic heterocycles. The van der Waals surface area contributed by atoms with Crippen LogP contribution in [0.25, 0.3) is 16.7 Å². The Bertz CT molecular complexity index is 1000. The fourth-order valence-corrected chi connectivity index (χ4v) is 3.03. The third kappa shape index (κ3) is 2.68. The second kappa shape index (κ2) is 5.54. The molecule has 0 unspecified atom stereocenters. The molecule has 5 nitrogen and oxygen atoms in total. The summed E-state index contributed by atoms with van der Waals surface area (Å²) >= 11 is 11.6. The first kappa shape index (κ1) is 14.5. The Labute approximate surface area is 141 Å². The lowest BCUT2D eigenvalue weighted by Crippen LogP contribution is -2.20. The van der Waals surface area contributed by atoms with Gasteiger partial charge in [0, 0.05) is 6.20 Å². The molecule has 1 aliphatic carbocycles. The maximum Gasteiger partial charge on any atom is 0.283 e. The van der Waals surface area contributed by atoms with E-state index in [1.54, 1.807) is 30.5 Å². The van der Waals surface area contributed by atoms with Gasteiger partial charge in [0.1, 0.15) is 11.3 Å². The van der Waals surface area contributed by atoms with Crippen molar-refractivity contribution in [2.24, 2.45) is 5.92 Å². The van der Waals surface area contributed by atoms with Gasteiger partial charge >= 0.3 is 0 Å². The Kier molecular flexibility index (Phi) is 3.50. The maximum atomic E-state index is 12.6. The van der Waals surface area contributed by atoms with Crippen molar-refractivity contribution in [3.8, 4) is 11.4 Å². The molecule has 3 aromatic rings. The predicted octanol–water partition coefficient (Wildman–Crippen LogP) is 3.82. The third-order valence-electron chi connectivity index (χ3n) is 3.95. The second-order valence-corrected chi connectivity index (χ2v) is 6.50. The summed E-state index contributed by atoms with van der Waals surface area (Å²) < 4.78 is 7.46. The van der Waals surface area contributed by atoms with Gasteiger partial charge in [-0.05, 0) is 55.2 Å². The van der Waals surface area contributed by atoms with E-state index < -0.39 is 0 Å². The molecular weight excluding hydrogens is 334 g/mol. The number of fused-ring (bicyclic) bond motifs is 1. The zero-order chi connectivity index (χ0) is 16.0. The lowest BCUT2D eigenvalue weighted by atomic mass is 10.3. The van der Waals surface area contributed by atoms with Crippen LogP contribution < -0.4 is 10.3 Å². The first-order valence-corrected chi connectivity index (χ1v) is 8.17. The zero-order valence-corrected chi connectivity index (χ0v) is 13.7. The lowest BCUT2D eigenvalue weighted by molar-refractivity contribution is 0.300. The van der Waals surface area contributed by atoms with Gasteiger partial charge < -0.3 is 14.7 Å². The van der Waals surface area contributed by atoms with E-state index in [0.717, 1.165) is 0 Å². The summed E-state index contributed by atoms with van der Waals surface area (Å²) in [6.45, 7) is 0.688. The maximum absolute atomic E-state index is 12.6. The molecule has 0 bridgehead atoms. The van der Waals surface area contributed by atoms with Crippen molar-refractivity contribution in [3.63, 3.8) is 0 Å². The molecule has 4 rings (SSSR count). The average molecular weight is 348 g/mol. The van der Waals surface area contributed by atoms with Crippen LogP contribution in [0.15, 0.2) is 35.3 Å². The highest BCUT2D eigenvalue weighted by Gasteiger charge is 2.22. The van der Waals surface area contributed by atoms with Crippen molar-refractivity contribution in [3.05, 3.63) is 50.6 Å². The van der Waals surface area contributed by atoms with E-state index in [1.165, 1.54) is 17.4 Å². The predicted molar refractivity (Wildman–Crippen MR) is 92.3 cm³/mol. The van der Waals surface area contributed by atoms with E-state index in [1.807, 2.05) is 0 Å². The van der Waals surface area contributed by atoms with Crippen molar-refractivity contribution in [2.45, 2.75) is 12.8 Å². The molecule has 1 saturated carbocycles. The highest BCUT2D eigenvalue weighted by atomic mass is 35.5. The fourth-order valence-electron chi connectivity index (χ4n) is 2.50. The normalized spacial score (nSPS) is 14.3. The lowest BCUT2D eigenvalue weighted by Gasteiger charge is -2.11. The fraction of sp³-hybridized carbons (Fsp3) is 0.250. The quantitative estimate of drug-likeness (QED) is 0.705. The summed E-state index contributed by atoms with van der Waals surface area (Å²) in [5.74, 6) is 1.28. The van der Waals surface area contributed by atoms with Crippen LogP contribution in [0.1, 0.15) is 12.8 Å². The SMILES string of the molecule is O=c1c2[nH]ccc2[nH]c(=S)n1-c1ccc(OCC2CC2)c(Cl)c1. The van der Waals surface area contributed by atoms with Crippen LogP contribution in [0, 0.1) is 10.7 Å². The van der Waals surface area contributed by atoms with Gasteiger partial charge in [0.2, 0.25) is 0 Å². The summed E-state index contributed by atoms with van der Waals surface area (Å²) in [5, 5.41) is 0.469. The van der Waals surface area contributed by atoms with Crippen LogP contribution >= 0.6 is 23.8 Å². The highest BCUT2D eigenvalue weighted by molar-refractivity contribution is 7.71. The second-order valence-electron chi connectivity index (χ2n) is 5.71. The number of aromatic amines is 2. The van der Waals surface area contributed by atoms with Crippen LogP contribution in [0.2, 0.25) is 5.02 Å². The topological polar surface area (TPSA) is 62.8 Å². The van der Waals surface area contributed by atoms with Gasteiger partial charge in [-0.1, -0.05) is 11.6 Å². The van der Waals surface area contributed by atoms with Crippen LogP contribution in [-0.2, 0) is 0 Å². The van der Waals surface area contributed by atoms with Gasteiger partial charge in [0.05, 0.1) is 22.8 Å². The Morgan fingerprint density at radius 2 is 2.17 bits per heavy atom. The Hall–Kier alpha value is -2.05. The molecule has 23 heavy (non-hydrogen) atoms. The van der Waals surface area contributed by atoms with E-state index in [4.69, 9.17) is 28.6 Å². The number of ether oxygens (including phenoxy) is 1. The zero-order valence-electron chi connectivity index (χ0n) is 12.1. The number of hydrogen-bond acceptors (Lipinski definition) is 3. The van der Waals surface area contributed by atoms with Crippen LogP contribution in [0.5, 0.6) is 5.75 Å². The minimum absolute atomic E-state index is 0.212. The van der Waals surface area contributed by atoms with Gasteiger partial charge in [0.15, 0.2) is 4.77 Å². The molecule has 0 atom stereocenters. The van der Waals surface area contributed by atoms with Gasteiger partial charge in [0.25, 0.3) is 5.56 Å². The van der Waals surface area contributed by atoms with Gasteiger partial charge in [-0.2, -0.15) is 0 Å². The first-order chi connectivity index (χ1) is 11.1. The van der Waals surface area contributed by atoms with E-state index in [2.05, 4.69) is 9.97 Å². The highest BCUT2D eigenvalue weighted by Crippen LogP contribution is 2.32. The number of aromatic nitrogens is 3. The van der Waals surface area contributed by atoms with Crippen LogP contribution in [0.3, 0.4) is 0 Å². The minimum atomic E-state index is -0.212. The molecule has 2 N–H and O–H groups in total. The summed E-state index contributed by atoms with van der Waals surface area (Å²) in [6.07, 6.45) is 4.14. The van der Waals surface area contributed by atoms with E-state index in [-0.39, 0.29) is 5.56 Å². The molecule has 1 aromatic carbocycles. The van der Waals surface area contributed by atoms with Gasteiger partial charge in [-0.3, -0.25) is 9.36 Å². The number of nitrogens with one attached hydrogen (secondary N) is 2. The molecule has 0 saturated heterocycles.